The summed E-state index contributed by atoms with van der Waals surface area (Å²) in [6.07, 6.45) is 2.32. The fourth-order valence-electron chi connectivity index (χ4n) is 2.23. The van der Waals surface area contributed by atoms with Gasteiger partial charge in [0.1, 0.15) is 5.82 Å². The molecule has 6 heteroatoms. The van der Waals surface area contributed by atoms with Gasteiger partial charge in [0, 0.05) is 37.8 Å². The summed E-state index contributed by atoms with van der Waals surface area (Å²) in [5.74, 6) is 0.475. The molecule has 108 valence electrons. The van der Waals surface area contributed by atoms with E-state index in [1.54, 1.807) is 4.40 Å². The highest BCUT2D eigenvalue weighted by Crippen LogP contribution is 2.19. The molecule has 3 rings (SSSR count). The zero-order valence-corrected chi connectivity index (χ0v) is 12.7. The Morgan fingerprint density at radius 3 is 2.67 bits per heavy atom. The number of fused-ring (bicyclic) bond motifs is 1. The Morgan fingerprint density at radius 1 is 1.29 bits per heavy atom. The molecule has 2 N–H and O–H groups in total. The fourth-order valence-corrected chi connectivity index (χ4v) is 2.94. The predicted octanol–water partition coefficient (Wildman–Crippen LogP) is 1.99. The van der Waals surface area contributed by atoms with Gasteiger partial charge in [0.25, 0.3) is 5.56 Å². The Hall–Kier alpha value is -2.34. The number of nitrogens with zero attached hydrogens (tertiary/aromatic N) is 3. The third-order valence-electron chi connectivity index (χ3n) is 3.45. The molecule has 0 aliphatic rings. The van der Waals surface area contributed by atoms with Crippen molar-refractivity contribution >= 4 is 27.8 Å². The quantitative estimate of drug-likeness (QED) is 0.803. The number of aromatic nitrogens is 2. The van der Waals surface area contributed by atoms with E-state index in [2.05, 4.69) is 4.98 Å². The smallest absolute Gasteiger partial charge is 0.279 e. The second-order valence-electron chi connectivity index (χ2n) is 5.07. The van der Waals surface area contributed by atoms with E-state index >= 15 is 0 Å². The topological polar surface area (TPSA) is 63.6 Å². The third-order valence-corrected chi connectivity index (χ3v) is 4.20. The van der Waals surface area contributed by atoms with Gasteiger partial charge in [-0.1, -0.05) is 12.1 Å². The molecular formula is C15H16N4OS. The standard InChI is InChI=1S/C15H16N4OS/c1-18(2)11-5-3-10(4-6-11)9-12-13(16)19-7-8-21-15(19)17-14(12)20/h3-8H,9,16H2,1-2H3. The van der Waals surface area contributed by atoms with Crippen LogP contribution in [0, 0.1) is 0 Å². The fraction of sp³-hybridized carbons (Fsp3) is 0.200. The van der Waals surface area contributed by atoms with Gasteiger partial charge in [-0.25, -0.2) is 0 Å². The lowest BCUT2D eigenvalue weighted by Gasteiger charge is -2.13. The summed E-state index contributed by atoms with van der Waals surface area (Å²) in [5, 5.41) is 1.87. The van der Waals surface area contributed by atoms with E-state index in [0.29, 0.717) is 22.8 Å². The van der Waals surface area contributed by atoms with Crippen LogP contribution >= 0.6 is 11.3 Å². The van der Waals surface area contributed by atoms with Gasteiger partial charge >= 0.3 is 0 Å². The van der Waals surface area contributed by atoms with Gasteiger partial charge in [-0.3, -0.25) is 9.20 Å². The van der Waals surface area contributed by atoms with Crippen molar-refractivity contribution in [3.63, 3.8) is 0 Å². The van der Waals surface area contributed by atoms with Crippen LogP contribution in [0.3, 0.4) is 0 Å². The molecule has 5 nitrogen and oxygen atoms in total. The lowest BCUT2D eigenvalue weighted by Crippen LogP contribution is -2.18. The van der Waals surface area contributed by atoms with E-state index < -0.39 is 0 Å². The summed E-state index contributed by atoms with van der Waals surface area (Å²) < 4.78 is 1.76. The van der Waals surface area contributed by atoms with Gasteiger partial charge in [0.2, 0.25) is 0 Å². The molecule has 0 bridgehead atoms. The second kappa shape index (κ2) is 5.21. The maximum atomic E-state index is 12.1. The van der Waals surface area contributed by atoms with Gasteiger partial charge in [-0.15, -0.1) is 11.3 Å². The Bertz CT molecular complexity index is 833. The molecule has 0 amide bonds. The number of hydrogen-bond acceptors (Lipinski definition) is 5. The van der Waals surface area contributed by atoms with Crippen molar-refractivity contribution in [1.29, 1.82) is 0 Å². The van der Waals surface area contributed by atoms with Crippen LogP contribution in [0.1, 0.15) is 11.1 Å². The Kier molecular flexibility index (Phi) is 3.39. The summed E-state index contributed by atoms with van der Waals surface area (Å²) in [6, 6.07) is 8.08. The highest BCUT2D eigenvalue weighted by Gasteiger charge is 2.12. The molecule has 2 aromatic heterocycles. The number of anilines is 2. The minimum Gasteiger partial charge on any atom is -0.384 e. The first-order valence-electron chi connectivity index (χ1n) is 6.57. The molecule has 0 aliphatic carbocycles. The molecule has 21 heavy (non-hydrogen) atoms. The van der Waals surface area contributed by atoms with Crippen molar-refractivity contribution in [2.45, 2.75) is 6.42 Å². The molecule has 2 heterocycles. The van der Waals surface area contributed by atoms with Crippen LogP contribution in [0.4, 0.5) is 11.5 Å². The van der Waals surface area contributed by atoms with Crippen molar-refractivity contribution in [3.8, 4) is 0 Å². The molecular weight excluding hydrogens is 284 g/mol. The molecule has 0 spiro atoms. The lowest BCUT2D eigenvalue weighted by molar-refractivity contribution is 1.03. The van der Waals surface area contributed by atoms with Crippen LogP contribution in [0.5, 0.6) is 0 Å². The Balaban J connectivity index is 1.99. The summed E-state index contributed by atoms with van der Waals surface area (Å²) in [4.78, 5) is 18.9. The predicted molar refractivity (Wildman–Crippen MR) is 87.3 cm³/mol. The number of nitrogens with two attached hydrogens (primary N) is 1. The minimum atomic E-state index is -0.244. The van der Waals surface area contributed by atoms with Gasteiger partial charge < -0.3 is 10.6 Å². The highest BCUT2D eigenvalue weighted by molar-refractivity contribution is 7.15. The minimum absolute atomic E-state index is 0.244. The largest absolute Gasteiger partial charge is 0.384 e. The molecule has 0 radical (unpaired) electrons. The highest BCUT2D eigenvalue weighted by atomic mass is 32.1. The average molecular weight is 300 g/mol. The first kappa shape index (κ1) is 13.6. The first-order chi connectivity index (χ1) is 10.1. The number of thiazole rings is 1. The summed E-state index contributed by atoms with van der Waals surface area (Å²) >= 11 is 1.40. The van der Waals surface area contributed by atoms with E-state index in [1.165, 1.54) is 11.3 Å². The lowest BCUT2D eigenvalue weighted by atomic mass is 10.1. The molecule has 0 saturated heterocycles. The van der Waals surface area contributed by atoms with Gasteiger partial charge in [-0.05, 0) is 17.7 Å². The maximum Gasteiger partial charge on any atom is 0.279 e. The third kappa shape index (κ3) is 2.50. The van der Waals surface area contributed by atoms with Crippen molar-refractivity contribution in [2.75, 3.05) is 24.7 Å². The molecule has 1 aromatic carbocycles. The normalized spacial score (nSPS) is 11.0. The zero-order valence-electron chi connectivity index (χ0n) is 11.9. The second-order valence-corrected chi connectivity index (χ2v) is 5.95. The molecule has 0 fully saturated rings. The zero-order chi connectivity index (χ0) is 15.0. The van der Waals surface area contributed by atoms with Crippen LogP contribution in [-0.2, 0) is 6.42 Å². The van der Waals surface area contributed by atoms with E-state index in [0.717, 1.165) is 11.3 Å². The molecule has 0 saturated carbocycles. The van der Waals surface area contributed by atoms with Crippen LogP contribution in [0.15, 0.2) is 40.6 Å². The average Bonchev–Trinajstić information content (AvgIpc) is 2.92. The molecule has 0 unspecified atom stereocenters. The summed E-state index contributed by atoms with van der Waals surface area (Å²) in [6.45, 7) is 0. The number of hydrogen-bond donors (Lipinski definition) is 1. The van der Waals surface area contributed by atoms with Crippen molar-refractivity contribution < 1.29 is 0 Å². The molecule has 3 aromatic rings. The SMILES string of the molecule is CN(C)c1ccc(Cc2c(N)n3ccsc3nc2=O)cc1. The first-order valence-corrected chi connectivity index (χ1v) is 7.44. The van der Waals surface area contributed by atoms with Crippen molar-refractivity contribution in [3.05, 3.63) is 57.3 Å². The summed E-state index contributed by atoms with van der Waals surface area (Å²) in [5.41, 5.74) is 8.58. The monoisotopic (exact) mass is 300 g/mol. The van der Waals surface area contributed by atoms with E-state index in [1.807, 2.05) is 54.8 Å². The molecule has 0 atom stereocenters. The van der Waals surface area contributed by atoms with Gasteiger partial charge in [0.05, 0.1) is 5.56 Å². The van der Waals surface area contributed by atoms with Gasteiger partial charge in [-0.2, -0.15) is 4.98 Å². The van der Waals surface area contributed by atoms with Crippen LogP contribution in [0.25, 0.3) is 4.96 Å². The maximum absolute atomic E-state index is 12.1. The Morgan fingerprint density at radius 2 is 2.00 bits per heavy atom. The van der Waals surface area contributed by atoms with Crippen LogP contribution < -0.4 is 16.2 Å². The van der Waals surface area contributed by atoms with Crippen LogP contribution in [-0.4, -0.2) is 23.5 Å². The van der Waals surface area contributed by atoms with E-state index in [9.17, 15) is 4.79 Å². The number of benzene rings is 1. The van der Waals surface area contributed by atoms with Crippen LogP contribution in [0.2, 0.25) is 0 Å². The molecule has 0 aliphatic heterocycles. The summed E-state index contributed by atoms with van der Waals surface area (Å²) in [7, 11) is 3.99. The number of nitrogen functional groups attached to an aromatic ring is 1. The number of rotatable bonds is 3. The van der Waals surface area contributed by atoms with E-state index in [-0.39, 0.29) is 5.56 Å². The Labute approximate surface area is 126 Å². The van der Waals surface area contributed by atoms with Gasteiger partial charge in [0.15, 0.2) is 4.96 Å². The van der Waals surface area contributed by atoms with Crippen molar-refractivity contribution in [1.82, 2.24) is 9.38 Å². The van der Waals surface area contributed by atoms with E-state index in [4.69, 9.17) is 5.73 Å². The van der Waals surface area contributed by atoms with Crippen molar-refractivity contribution in [2.24, 2.45) is 0 Å².